The number of nitrogens with zero attached hydrogens (tertiary/aromatic N) is 1. The Bertz CT molecular complexity index is 558. The molecule has 2 heterocycles. The molecule has 4 heteroatoms. The number of aryl methyl sites for hydroxylation is 1. The van der Waals surface area contributed by atoms with Crippen LogP contribution in [0.25, 0.3) is 10.9 Å². The van der Waals surface area contributed by atoms with Gasteiger partial charge in [-0.15, -0.1) is 0 Å². The van der Waals surface area contributed by atoms with Crippen LogP contribution in [0.5, 0.6) is 0 Å². The Morgan fingerprint density at radius 3 is 3.11 bits per heavy atom. The number of para-hydroxylation sites is 1. The van der Waals surface area contributed by atoms with Gasteiger partial charge in [0.15, 0.2) is 0 Å². The van der Waals surface area contributed by atoms with E-state index in [1.54, 1.807) is 0 Å². The van der Waals surface area contributed by atoms with Gasteiger partial charge in [-0.2, -0.15) is 0 Å². The van der Waals surface area contributed by atoms with Crippen molar-refractivity contribution in [2.45, 2.75) is 18.6 Å². The summed E-state index contributed by atoms with van der Waals surface area (Å²) in [5, 5.41) is 4.60. The first-order valence-electron chi connectivity index (χ1n) is 6.87. The fraction of sp³-hybridized carbons (Fsp3) is 0.467. The van der Waals surface area contributed by atoms with Crippen LogP contribution in [0.4, 0.5) is 0 Å². The fourth-order valence-corrected chi connectivity index (χ4v) is 2.85. The van der Waals surface area contributed by atoms with Crippen molar-refractivity contribution in [1.29, 1.82) is 0 Å². The maximum atomic E-state index is 6.38. The average Bonchev–Trinajstić information content (AvgIpc) is 2.78. The molecule has 102 valence electrons. The van der Waals surface area contributed by atoms with E-state index >= 15 is 0 Å². The minimum atomic E-state index is 0.0241. The Kier molecular flexibility index (Phi) is 3.55. The van der Waals surface area contributed by atoms with Gasteiger partial charge in [0.2, 0.25) is 0 Å². The van der Waals surface area contributed by atoms with E-state index in [9.17, 15) is 0 Å². The normalized spacial score (nSPS) is 21.7. The number of benzene rings is 1. The number of hydrogen-bond donors (Lipinski definition) is 2. The maximum Gasteiger partial charge on any atom is 0.0718 e. The molecule has 3 N–H and O–H groups in total. The van der Waals surface area contributed by atoms with Crippen LogP contribution in [0.1, 0.15) is 18.0 Å². The summed E-state index contributed by atoms with van der Waals surface area (Å²) < 4.78 is 7.88. The molecule has 1 saturated heterocycles. The number of rotatable bonds is 3. The summed E-state index contributed by atoms with van der Waals surface area (Å²) in [5.41, 5.74) is 8.83. The SMILES string of the molecule is Cn1cc(C(N)CC2CNCCO2)c2ccccc21. The van der Waals surface area contributed by atoms with Crippen LogP contribution in [0.15, 0.2) is 30.5 Å². The Morgan fingerprint density at radius 2 is 2.32 bits per heavy atom. The maximum absolute atomic E-state index is 6.38. The smallest absolute Gasteiger partial charge is 0.0718 e. The van der Waals surface area contributed by atoms with E-state index < -0.39 is 0 Å². The lowest BCUT2D eigenvalue weighted by molar-refractivity contribution is 0.0196. The predicted octanol–water partition coefficient (Wildman–Crippen LogP) is 1.56. The van der Waals surface area contributed by atoms with Gasteiger partial charge in [-0.25, -0.2) is 0 Å². The molecule has 0 radical (unpaired) electrons. The van der Waals surface area contributed by atoms with Crippen LogP contribution in [0, 0.1) is 0 Å². The molecule has 2 unspecified atom stereocenters. The van der Waals surface area contributed by atoms with Gasteiger partial charge in [0.25, 0.3) is 0 Å². The van der Waals surface area contributed by atoms with E-state index in [4.69, 9.17) is 10.5 Å². The van der Waals surface area contributed by atoms with Gasteiger partial charge in [-0.3, -0.25) is 0 Å². The number of nitrogens with one attached hydrogen (secondary N) is 1. The largest absolute Gasteiger partial charge is 0.376 e. The molecule has 1 fully saturated rings. The van der Waals surface area contributed by atoms with Gasteiger partial charge in [0.1, 0.15) is 0 Å². The van der Waals surface area contributed by atoms with Crippen LogP contribution in [0.2, 0.25) is 0 Å². The highest BCUT2D eigenvalue weighted by atomic mass is 16.5. The molecule has 2 atom stereocenters. The lowest BCUT2D eigenvalue weighted by Crippen LogP contribution is -2.40. The molecule has 19 heavy (non-hydrogen) atoms. The highest BCUT2D eigenvalue weighted by molar-refractivity contribution is 5.84. The van der Waals surface area contributed by atoms with Gasteiger partial charge in [-0.1, -0.05) is 18.2 Å². The number of hydrogen-bond acceptors (Lipinski definition) is 3. The lowest BCUT2D eigenvalue weighted by Gasteiger charge is -2.26. The molecule has 0 spiro atoms. The Balaban J connectivity index is 1.82. The summed E-state index contributed by atoms with van der Waals surface area (Å²) in [6, 6.07) is 8.42. The highest BCUT2D eigenvalue weighted by Gasteiger charge is 2.20. The van der Waals surface area contributed by atoms with Gasteiger partial charge in [-0.05, 0) is 18.1 Å². The third-order valence-electron chi connectivity index (χ3n) is 3.85. The molecule has 4 nitrogen and oxygen atoms in total. The Labute approximate surface area is 113 Å². The topological polar surface area (TPSA) is 52.2 Å². The minimum Gasteiger partial charge on any atom is -0.376 e. The molecule has 1 aromatic carbocycles. The molecule has 1 aliphatic rings. The Hall–Kier alpha value is -1.36. The van der Waals surface area contributed by atoms with Gasteiger partial charge >= 0.3 is 0 Å². The molecule has 0 bridgehead atoms. The van der Waals surface area contributed by atoms with Crippen LogP contribution in [-0.2, 0) is 11.8 Å². The first-order chi connectivity index (χ1) is 9.25. The van der Waals surface area contributed by atoms with Crippen molar-refractivity contribution in [2.24, 2.45) is 12.8 Å². The van der Waals surface area contributed by atoms with Crippen molar-refractivity contribution >= 4 is 10.9 Å². The number of aromatic nitrogens is 1. The standard InChI is InChI=1S/C15H21N3O/c1-18-10-13(12-4-2-3-5-15(12)18)14(16)8-11-9-17-6-7-19-11/h2-5,10-11,14,17H,6-9,16H2,1H3. The first kappa shape index (κ1) is 12.7. The quantitative estimate of drug-likeness (QED) is 0.879. The van der Waals surface area contributed by atoms with Crippen LogP contribution in [-0.4, -0.2) is 30.4 Å². The van der Waals surface area contributed by atoms with Crippen molar-refractivity contribution in [2.75, 3.05) is 19.7 Å². The van der Waals surface area contributed by atoms with Gasteiger partial charge < -0.3 is 20.4 Å². The summed E-state index contributed by atoms with van der Waals surface area (Å²) in [6.45, 7) is 2.63. The lowest BCUT2D eigenvalue weighted by atomic mass is 10.0. The van der Waals surface area contributed by atoms with Crippen molar-refractivity contribution in [3.8, 4) is 0 Å². The molecular formula is C15H21N3O. The predicted molar refractivity (Wildman–Crippen MR) is 77.1 cm³/mol. The number of fused-ring (bicyclic) bond motifs is 1. The van der Waals surface area contributed by atoms with Crippen LogP contribution < -0.4 is 11.1 Å². The molecule has 1 aliphatic heterocycles. The van der Waals surface area contributed by atoms with Crippen molar-refractivity contribution < 1.29 is 4.74 Å². The van der Waals surface area contributed by atoms with E-state index in [1.165, 1.54) is 16.5 Å². The van der Waals surface area contributed by atoms with Gasteiger partial charge in [0.05, 0.1) is 12.7 Å². The molecule has 1 aromatic heterocycles. The fourth-order valence-electron chi connectivity index (χ4n) is 2.85. The van der Waals surface area contributed by atoms with E-state index in [-0.39, 0.29) is 12.1 Å². The zero-order chi connectivity index (χ0) is 13.2. The van der Waals surface area contributed by atoms with E-state index in [0.717, 1.165) is 26.1 Å². The van der Waals surface area contributed by atoms with Crippen molar-refractivity contribution in [3.05, 3.63) is 36.0 Å². The second-order valence-corrected chi connectivity index (χ2v) is 5.25. The molecule has 3 rings (SSSR count). The summed E-state index contributed by atoms with van der Waals surface area (Å²) >= 11 is 0. The van der Waals surface area contributed by atoms with Crippen LogP contribution >= 0.6 is 0 Å². The minimum absolute atomic E-state index is 0.0241. The zero-order valence-electron chi connectivity index (χ0n) is 11.3. The Morgan fingerprint density at radius 1 is 1.47 bits per heavy atom. The number of morpholine rings is 1. The first-order valence-corrected chi connectivity index (χ1v) is 6.87. The number of nitrogens with two attached hydrogens (primary N) is 1. The molecule has 2 aromatic rings. The molecule has 0 amide bonds. The van der Waals surface area contributed by atoms with E-state index in [2.05, 4.69) is 47.4 Å². The van der Waals surface area contributed by atoms with Crippen molar-refractivity contribution in [1.82, 2.24) is 9.88 Å². The summed E-state index contributed by atoms with van der Waals surface area (Å²) in [4.78, 5) is 0. The average molecular weight is 259 g/mol. The highest BCUT2D eigenvalue weighted by Crippen LogP contribution is 2.27. The second kappa shape index (κ2) is 5.33. The van der Waals surface area contributed by atoms with Gasteiger partial charge in [0, 0.05) is 43.3 Å². The third kappa shape index (κ3) is 2.52. The van der Waals surface area contributed by atoms with Crippen LogP contribution in [0.3, 0.4) is 0 Å². The third-order valence-corrected chi connectivity index (χ3v) is 3.85. The van der Waals surface area contributed by atoms with E-state index in [1.807, 2.05) is 0 Å². The van der Waals surface area contributed by atoms with E-state index in [0.29, 0.717) is 0 Å². The summed E-state index contributed by atoms with van der Waals surface area (Å²) in [5.74, 6) is 0. The number of ether oxygens (including phenoxy) is 1. The van der Waals surface area contributed by atoms with Crippen molar-refractivity contribution in [3.63, 3.8) is 0 Å². The summed E-state index contributed by atoms with van der Waals surface area (Å²) in [7, 11) is 2.07. The monoisotopic (exact) mass is 259 g/mol. The molecule has 0 aliphatic carbocycles. The second-order valence-electron chi connectivity index (χ2n) is 5.25. The summed E-state index contributed by atoms with van der Waals surface area (Å²) in [6.07, 6.45) is 3.23. The molecule has 0 saturated carbocycles. The zero-order valence-corrected chi connectivity index (χ0v) is 11.3. The molecular weight excluding hydrogens is 238 g/mol.